The van der Waals surface area contributed by atoms with Crippen molar-refractivity contribution >= 4 is 41.3 Å². The summed E-state index contributed by atoms with van der Waals surface area (Å²) in [5.41, 5.74) is 1.51. The number of nitrogens with zero attached hydrogens (tertiary/aromatic N) is 2. The van der Waals surface area contributed by atoms with Gasteiger partial charge >= 0.3 is 0 Å². The van der Waals surface area contributed by atoms with E-state index in [0.717, 1.165) is 58.2 Å². The van der Waals surface area contributed by atoms with E-state index in [4.69, 9.17) is 4.74 Å². The van der Waals surface area contributed by atoms with E-state index >= 15 is 0 Å². The van der Waals surface area contributed by atoms with Crippen molar-refractivity contribution in [3.8, 4) is 0 Å². The summed E-state index contributed by atoms with van der Waals surface area (Å²) < 4.78 is 5.42. The summed E-state index contributed by atoms with van der Waals surface area (Å²) >= 11 is 1.90. The minimum atomic E-state index is 0. The molecule has 2 aliphatic heterocycles. The second-order valence-electron chi connectivity index (χ2n) is 6.83. The Kier molecular flexibility index (Phi) is 8.95. The van der Waals surface area contributed by atoms with Crippen molar-refractivity contribution in [2.45, 2.75) is 38.8 Å². The molecule has 0 bridgehead atoms. The fraction of sp³-hybridized carbons (Fsp3) is 0.722. The van der Waals surface area contributed by atoms with Gasteiger partial charge in [-0.1, -0.05) is 0 Å². The maximum Gasteiger partial charge on any atom is 0.191 e. The van der Waals surface area contributed by atoms with E-state index < -0.39 is 0 Å². The molecule has 0 aliphatic carbocycles. The standard InChI is InChI=1S/C18H30N4OS.HI/c1-14(22-7-3-17-16(13-22)6-10-24-17)11-20-18(19-2)21-12-15-4-8-23-9-5-15;/h6,10,14-15H,3-5,7-9,11-13H2,1-2H3,(H2,19,20,21);1H. The number of fused-ring (bicyclic) bond motifs is 1. The van der Waals surface area contributed by atoms with Gasteiger partial charge in [0.1, 0.15) is 0 Å². The van der Waals surface area contributed by atoms with E-state index in [0.29, 0.717) is 12.0 Å². The van der Waals surface area contributed by atoms with E-state index in [-0.39, 0.29) is 24.0 Å². The molecule has 0 spiro atoms. The fourth-order valence-corrected chi connectivity index (χ4v) is 4.32. The molecule has 0 saturated carbocycles. The van der Waals surface area contributed by atoms with Crippen molar-refractivity contribution in [1.82, 2.24) is 15.5 Å². The predicted molar refractivity (Wildman–Crippen MR) is 116 cm³/mol. The van der Waals surface area contributed by atoms with Crippen molar-refractivity contribution in [3.05, 3.63) is 21.9 Å². The van der Waals surface area contributed by atoms with Crippen molar-refractivity contribution < 1.29 is 4.74 Å². The zero-order valence-corrected chi connectivity index (χ0v) is 18.4. The van der Waals surface area contributed by atoms with Crippen LogP contribution in [0.25, 0.3) is 0 Å². The van der Waals surface area contributed by atoms with Gasteiger partial charge < -0.3 is 15.4 Å². The summed E-state index contributed by atoms with van der Waals surface area (Å²) in [5.74, 6) is 1.62. The number of thiophene rings is 1. The Labute approximate surface area is 172 Å². The number of guanidine groups is 1. The molecule has 0 radical (unpaired) electrons. The molecule has 1 aromatic heterocycles. The molecule has 3 rings (SSSR count). The number of aliphatic imine (C=N–C) groups is 1. The van der Waals surface area contributed by atoms with Crippen molar-refractivity contribution in [2.24, 2.45) is 10.9 Å². The lowest BCUT2D eigenvalue weighted by Crippen LogP contribution is -2.48. The van der Waals surface area contributed by atoms with Crippen LogP contribution in [-0.2, 0) is 17.7 Å². The predicted octanol–water partition coefficient (Wildman–Crippen LogP) is 2.70. The van der Waals surface area contributed by atoms with Gasteiger partial charge in [0.25, 0.3) is 0 Å². The van der Waals surface area contributed by atoms with Gasteiger partial charge in [-0.15, -0.1) is 35.3 Å². The molecular weight excluding hydrogens is 447 g/mol. The van der Waals surface area contributed by atoms with E-state index in [1.165, 1.54) is 12.0 Å². The van der Waals surface area contributed by atoms with Gasteiger partial charge in [0.05, 0.1) is 0 Å². The molecule has 1 aromatic rings. The molecule has 1 atom stereocenters. The Morgan fingerprint density at radius 1 is 1.40 bits per heavy atom. The minimum absolute atomic E-state index is 0. The SMILES string of the molecule is CN=C(NCC1CCOCC1)NCC(C)N1CCc2sccc2C1.I. The van der Waals surface area contributed by atoms with E-state index in [1.54, 1.807) is 4.88 Å². The molecule has 5 nitrogen and oxygen atoms in total. The molecule has 7 heteroatoms. The molecule has 142 valence electrons. The largest absolute Gasteiger partial charge is 0.381 e. The highest BCUT2D eigenvalue weighted by Gasteiger charge is 2.21. The van der Waals surface area contributed by atoms with Crippen molar-refractivity contribution in [3.63, 3.8) is 0 Å². The summed E-state index contributed by atoms with van der Waals surface area (Å²) in [5, 5.41) is 9.19. The van der Waals surface area contributed by atoms with Crippen LogP contribution in [0.3, 0.4) is 0 Å². The molecule has 25 heavy (non-hydrogen) atoms. The van der Waals surface area contributed by atoms with Crippen LogP contribution in [0.2, 0.25) is 0 Å². The topological polar surface area (TPSA) is 48.9 Å². The summed E-state index contributed by atoms with van der Waals surface area (Å²) in [4.78, 5) is 8.50. The van der Waals surface area contributed by atoms with Crippen LogP contribution in [0.4, 0.5) is 0 Å². The highest BCUT2D eigenvalue weighted by atomic mass is 127. The average molecular weight is 478 g/mol. The number of halogens is 1. The van der Waals surface area contributed by atoms with Crippen LogP contribution in [0.1, 0.15) is 30.2 Å². The van der Waals surface area contributed by atoms with Crippen molar-refractivity contribution in [2.75, 3.05) is 39.9 Å². The molecular formula is C18H31IN4OS. The Balaban J connectivity index is 0.00000225. The smallest absolute Gasteiger partial charge is 0.191 e. The van der Waals surface area contributed by atoms with E-state index in [9.17, 15) is 0 Å². The molecule has 0 amide bonds. The van der Waals surface area contributed by atoms with E-state index in [1.807, 2.05) is 18.4 Å². The first-order valence-electron chi connectivity index (χ1n) is 9.08. The van der Waals surface area contributed by atoms with Gasteiger partial charge in [-0.2, -0.15) is 0 Å². The van der Waals surface area contributed by atoms with Gasteiger partial charge in [-0.3, -0.25) is 9.89 Å². The molecule has 3 heterocycles. The van der Waals surface area contributed by atoms with Gasteiger partial charge in [0.2, 0.25) is 0 Å². The molecule has 1 fully saturated rings. The van der Waals surface area contributed by atoms with Crippen LogP contribution in [0, 0.1) is 5.92 Å². The molecule has 1 saturated heterocycles. The van der Waals surface area contributed by atoms with Crippen molar-refractivity contribution in [1.29, 1.82) is 0 Å². The number of hydrogen-bond acceptors (Lipinski definition) is 4. The van der Waals surface area contributed by atoms with Crippen LogP contribution in [-0.4, -0.2) is 56.8 Å². The molecule has 0 aromatic carbocycles. The van der Waals surface area contributed by atoms with Crippen LogP contribution < -0.4 is 10.6 Å². The Morgan fingerprint density at radius 3 is 2.96 bits per heavy atom. The quantitative estimate of drug-likeness (QED) is 0.388. The third kappa shape index (κ3) is 6.08. The fourth-order valence-electron chi connectivity index (χ4n) is 3.43. The second kappa shape index (κ2) is 10.7. The van der Waals surface area contributed by atoms with Gasteiger partial charge in [-0.05, 0) is 49.1 Å². The van der Waals surface area contributed by atoms with Crippen LogP contribution in [0.5, 0.6) is 0 Å². The number of hydrogen-bond donors (Lipinski definition) is 2. The second-order valence-corrected chi connectivity index (χ2v) is 7.83. The van der Waals surface area contributed by atoms with Crippen LogP contribution >= 0.6 is 35.3 Å². The lowest BCUT2D eigenvalue weighted by Gasteiger charge is -2.33. The first-order valence-corrected chi connectivity index (χ1v) is 9.95. The van der Waals surface area contributed by atoms with E-state index in [2.05, 4.69) is 38.9 Å². The average Bonchev–Trinajstić information content (AvgIpc) is 3.10. The lowest BCUT2D eigenvalue weighted by molar-refractivity contribution is 0.0675. The molecule has 2 aliphatic rings. The Hall–Kier alpha value is -0.380. The number of nitrogens with one attached hydrogen (secondary N) is 2. The Morgan fingerprint density at radius 2 is 2.20 bits per heavy atom. The van der Waals surface area contributed by atoms with Gasteiger partial charge in [-0.25, -0.2) is 0 Å². The molecule has 2 N–H and O–H groups in total. The maximum absolute atomic E-state index is 5.42. The number of rotatable bonds is 5. The maximum atomic E-state index is 5.42. The highest BCUT2D eigenvalue weighted by Crippen LogP contribution is 2.24. The first-order chi connectivity index (χ1) is 11.8. The monoisotopic (exact) mass is 478 g/mol. The number of ether oxygens (including phenoxy) is 1. The van der Waals surface area contributed by atoms with Gasteiger partial charge in [0, 0.05) is 57.4 Å². The highest BCUT2D eigenvalue weighted by molar-refractivity contribution is 14.0. The third-order valence-electron chi connectivity index (χ3n) is 5.15. The Bertz CT molecular complexity index is 545. The summed E-state index contributed by atoms with van der Waals surface area (Å²) in [7, 11) is 1.85. The molecule has 1 unspecified atom stereocenters. The first kappa shape index (κ1) is 20.9. The lowest BCUT2D eigenvalue weighted by atomic mass is 10.0. The minimum Gasteiger partial charge on any atom is -0.381 e. The normalized spacial score (nSPS) is 20.5. The summed E-state index contributed by atoms with van der Waals surface area (Å²) in [6, 6.07) is 2.78. The van der Waals surface area contributed by atoms with Gasteiger partial charge in [0.15, 0.2) is 5.96 Å². The summed E-state index contributed by atoms with van der Waals surface area (Å²) in [6.07, 6.45) is 3.49. The van der Waals surface area contributed by atoms with Crippen LogP contribution in [0.15, 0.2) is 16.4 Å². The zero-order chi connectivity index (χ0) is 16.8. The third-order valence-corrected chi connectivity index (χ3v) is 6.17. The zero-order valence-electron chi connectivity index (χ0n) is 15.3. The summed E-state index contributed by atoms with van der Waals surface area (Å²) in [6.45, 7) is 8.24.